The predicted molar refractivity (Wildman–Crippen MR) is 70.3 cm³/mol. The van der Waals surface area contributed by atoms with E-state index in [1.54, 1.807) is 0 Å². The van der Waals surface area contributed by atoms with Crippen LogP contribution in [0.5, 0.6) is 0 Å². The predicted octanol–water partition coefficient (Wildman–Crippen LogP) is 3.02. The number of allylic oxidation sites excluding steroid dienone is 1. The molecular formula is C12H17IO3. The largest absolute Gasteiger partial charge is 0.461 e. The fraction of sp³-hybridized carbons (Fsp3) is 0.667. The number of carbonyl (C=O) groups excluding carboxylic acids is 2. The molecule has 3 nitrogen and oxygen atoms in total. The Morgan fingerprint density at radius 2 is 2.00 bits per heavy atom. The molecule has 0 radical (unpaired) electrons. The number of rotatable bonds is 2. The summed E-state index contributed by atoms with van der Waals surface area (Å²) < 4.78 is 5.97. The highest BCUT2D eigenvalue weighted by Gasteiger charge is 2.25. The molecule has 0 aromatic carbocycles. The van der Waals surface area contributed by atoms with Crippen LogP contribution in [0.1, 0.15) is 40.0 Å². The van der Waals surface area contributed by atoms with E-state index in [0.29, 0.717) is 6.42 Å². The van der Waals surface area contributed by atoms with E-state index in [0.717, 1.165) is 22.0 Å². The molecule has 0 aromatic heterocycles. The second-order valence-corrected chi connectivity index (χ2v) is 6.10. The lowest BCUT2D eigenvalue weighted by molar-refractivity contribution is -0.152. The first-order valence-corrected chi connectivity index (χ1v) is 6.48. The standard InChI is InChI=1S/C12H17IO3/c1-12(2,3)11(15)16-7-8-5-4-6-9(14)10(8)13/h4-7H2,1-3H3. The number of ketones is 1. The molecule has 0 atom stereocenters. The van der Waals surface area contributed by atoms with Gasteiger partial charge in [0, 0.05) is 6.42 Å². The highest BCUT2D eigenvalue weighted by molar-refractivity contribution is 14.1. The van der Waals surface area contributed by atoms with E-state index in [-0.39, 0.29) is 18.4 Å². The smallest absolute Gasteiger partial charge is 0.311 e. The van der Waals surface area contributed by atoms with E-state index in [4.69, 9.17) is 4.74 Å². The van der Waals surface area contributed by atoms with E-state index in [1.807, 2.05) is 20.8 Å². The monoisotopic (exact) mass is 336 g/mol. The fourth-order valence-electron chi connectivity index (χ4n) is 1.38. The minimum atomic E-state index is -0.481. The van der Waals surface area contributed by atoms with Crippen molar-refractivity contribution in [2.75, 3.05) is 6.61 Å². The van der Waals surface area contributed by atoms with Crippen molar-refractivity contribution < 1.29 is 14.3 Å². The van der Waals surface area contributed by atoms with Crippen LogP contribution in [0.3, 0.4) is 0 Å². The Bertz CT molecular complexity index is 337. The van der Waals surface area contributed by atoms with Gasteiger partial charge in [0.25, 0.3) is 0 Å². The zero-order chi connectivity index (χ0) is 12.3. The van der Waals surface area contributed by atoms with Crippen molar-refractivity contribution in [2.24, 2.45) is 5.41 Å². The summed E-state index contributed by atoms with van der Waals surface area (Å²) in [6.07, 6.45) is 2.35. The molecule has 0 saturated carbocycles. The molecule has 90 valence electrons. The van der Waals surface area contributed by atoms with Gasteiger partial charge in [-0.15, -0.1) is 0 Å². The minimum absolute atomic E-state index is 0.175. The summed E-state index contributed by atoms with van der Waals surface area (Å²) in [4.78, 5) is 23.0. The molecule has 0 N–H and O–H groups in total. The van der Waals surface area contributed by atoms with Crippen LogP contribution in [-0.2, 0) is 14.3 Å². The molecule has 0 heterocycles. The maximum Gasteiger partial charge on any atom is 0.311 e. The third-order valence-corrected chi connectivity index (χ3v) is 3.79. The number of carbonyl (C=O) groups is 2. The maximum absolute atomic E-state index is 11.6. The zero-order valence-corrected chi connectivity index (χ0v) is 12.1. The summed E-state index contributed by atoms with van der Waals surface area (Å²) in [5, 5.41) is 0. The van der Waals surface area contributed by atoms with Crippen molar-refractivity contribution in [1.29, 1.82) is 0 Å². The molecule has 1 aliphatic carbocycles. The molecule has 0 unspecified atom stereocenters. The van der Waals surface area contributed by atoms with Crippen LogP contribution in [0.25, 0.3) is 0 Å². The van der Waals surface area contributed by atoms with Gasteiger partial charge in [0.15, 0.2) is 5.78 Å². The molecule has 1 aliphatic rings. The third kappa shape index (κ3) is 3.57. The van der Waals surface area contributed by atoms with E-state index in [9.17, 15) is 9.59 Å². The molecule has 0 aliphatic heterocycles. The van der Waals surface area contributed by atoms with E-state index >= 15 is 0 Å². The Hall–Kier alpha value is -0.390. The van der Waals surface area contributed by atoms with Crippen molar-refractivity contribution >= 4 is 34.3 Å². The topological polar surface area (TPSA) is 43.4 Å². The van der Waals surface area contributed by atoms with Crippen LogP contribution in [0.15, 0.2) is 9.15 Å². The van der Waals surface area contributed by atoms with Crippen molar-refractivity contribution in [3.63, 3.8) is 0 Å². The summed E-state index contributed by atoms with van der Waals surface area (Å²) in [5.41, 5.74) is 0.486. The first-order chi connectivity index (χ1) is 7.32. The Balaban J connectivity index is 2.59. The zero-order valence-electron chi connectivity index (χ0n) is 9.93. The van der Waals surface area contributed by atoms with E-state index < -0.39 is 5.41 Å². The van der Waals surface area contributed by atoms with Gasteiger partial charge in [-0.05, 0) is 61.8 Å². The Kier molecular flexibility index (Phi) is 4.52. The molecule has 0 amide bonds. The molecule has 0 spiro atoms. The van der Waals surface area contributed by atoms with Gasteiger partial charge in [-0.3, -0.25) is 9.59 Å². The summed E-state index contributed by atoms with van der Waals surface area (Å²) in [6.45, 7) is 5.72. The Morgan fingerprint density at radius 3 is 2.56 bits per heavy atom. The summed E-state index contributed by atoms with van der Waals surface area (Å²) in [6, 6.07) is 0. The van der Waals surface area contributed by atoms with Gasteiger partial charge < -0.3 is 4.74 Å². The maximum atomic E-state index is 11.6. The van der Waals surface area contributed by atoms with Gasteiger partial charge >= 0.3 is 5.97 Å². The number of hydrogen-bond donors (Lipinski definition) is 0. The lowest BCUT2D eigenvalue weighted by atomic mass is 9.97. The van der Waals surface area contributed by atoms with Crippen molar-refractivity contribution in [3.05, 3.63) is 9.15 Å². The molecule has 16 heavy (non-hydrogen) atoms. The van der Waals surface area contributed by atoms with Gasteiger partial charge in [-0.2, -0.15) is 0 Å². The van der Waals surface area contributed by atoms with Crippen molar-refractivity contribution in [1.82, 2.24) is 0 Å². The van der Waals surface area contributed by atoms with Crippen LogP contribution in [0.2, 0.25) is 0 Å². The highest BCUT2D eigenvalue weighted by Crippen LogP contribution is 2.27. The molecule has 0 saturated heterocycles. The average molecular weight is 336 g/mol. The number of hydrogen-bond acceptors (Lipinski definition) is 3. The van der Waals surface area contributed by atoms with Crippen molar-refractivity contribution in [3.8, 4) is 0 Å². The van der Waals surface area contributed by atoms with E-state index in [1.165, 1.54) is 0 Å². The molecule has 4 heteroatoms. The van der Waals surface area contributed by atoms with Crippen LogP contribution < -0.4 is 0 Å². The summed E-state index contributed by atoms with van der Waals surface area (Å²) in [5.74, 6) is -0.0455. The van der Waals surface area contributed by atoms with Gasteiger partial charge in [-0.25, -0.2) is 0 Å². The number of halogens is 1. The van der Waals surface area contributed by atoms with Crippen molar-refractivity contribution in [2.45, 2.75) is 40.0 Å². The van der Waals surface area contributed by atoms with Crippen LogP contribution in [0.4, 0.5) is 0 Å². The van der Waals surface area contributed by atoms with Gasteiger partial charge in [0.1, 0.15) is 6.61 Å². The molecular weight excluding hydrogens is 319 g/mol. The lowest BCUT2D eigenvalue weighted by Crippen LogP contribution is -2.24. The summed E-state index contributed by atoms with van der Waals surface area (Å²) >= 11 is 2.05. The second-order valence-electron chi connectivity index (χ2n) is 5.02. The Labute approximate surface area is 110 Å². The highest BCUT2D eigenvalue weighted by atomic mass is 127. The van der Waals surface area contributed by atoms with Gasteiger partial charge in [-0.1, -0.05) is 0 Å². The van der Waals surface area contributed by atoms with E-state index in [2.05, 4.69) is 22.6 Å². The third-order valence-electron chi connectivity index (χ3n) is 2.43. The normalized spacial score (nSPS) is 17.6. The fourth-order valence-corrected chi connectivity index (χ4v) is 2.08. The molecule has 0 bridgehead atoms. The quantitative estimate of drug-likeness (QED) is 0.575. The number of esters is 1. The van der Waals surface area contributed by atoms with Crippen LogP contribution in [-0.4, -0.2) is 18.4 Å². The van der Waals surface area contributed by atoms with Crippen LogP contribution >= 0.6 is 22.6 Å². The SMILES string of the molecule is CC(C)(C)C(=O)OCC1=C(I)C(=O)CCC1. The first kappa shape index (κ1) is 13.7. The minimum Gasteiger partial charge on any atom is -0.461 e. The first-order valence-electron chi connectivity index (χ1n) is 5.40. The van der Waals surface area contributed by atoms with Crippen LogP contribution in [0, 0.1) is 5.41 Å². The Morgan fingerprint density at radius 1 is 1.38 bits per heavy atom. The van der Waals surface area contributed by atoms with Gasteiger partial charge in [0.05, 0.1) is 8.99 Å². The summed E-state index contributed by atoms with van der Waals surface area (Å²) in [7, 11) is 0. The van der Waals surface area contributed by atoms with Gasteiger partial charge in [0.2, 0.25) is 0 Å². The lowest BCUT2D eigenvalue weighted by Gasteiger charge is -2.19. The number of ether oxygens (including phenoxy) is 1. The molecule has 0 aromatic rings. The number of Topliss-reactive ketones (excluding diaryl/α,β-unsaturated/α-hetero) is 1. The second kappa shape index (κ2) is 5.29. The average Bonchev–Trinajstić information content (AvgIpc) is 2.18. The molecule has 1 rings (SSSR count). The molecule has 0 fully saturated rings.